The van der Waals surface area contributed by atoms with E-state index in [0.29, 0.717) is 12.5 Å². The molecule has 2 atom stereocenters. The number of nitrogens with one attached hydrogen (secondary N) is 2. The number of rotatable bonds is 7. The first kappa shape index (κ1) is 22.4. The zero-order valence-electron chi connectivity index (χ0n) is 19.0. The summed E-state index contributed by atoms with van der Waals surface area (Å²) in [4.78, 5) is 10.0. The predicted octanol–water partition coefficient (Wildman–Crippen LogP) is 3.80. The molecule has 176 valence electrons. The summed E-state index contributed by atoms with van der Waals surface area (Å²) in [7, 11) is -3.31. The minimum Gasteiger partial charge on any atom is -0.376 e. The number of pyridine rings is 1. The van der Waals surface area contributed by atoms with Gasteiger partial charge in [-0.15, -0.1) is 0 Å². The normalized spacial score (nSPS) is 26.2. The number of H-pyrrole nitrogens is 1. The molecule has 1 aliphatic carbocycles. The van der Waals surface area contributed by atoms with E-state index in [1.165, 1.54) is 11.8 Å². The summed E-state index contributed by atoms with van der Waals surface area (Å²) in [5.74, 6) is 0.604. The van der Waals surface area contributed by atoms with Crippen molar-refractivity contribution in [1.82, 2.24) is 14.7 Å². The molecule has 1 unspecified atom stereocenters. The number of ether oxygens (including phenoxy) is 1. The summed E-state index contributed by atoms with van der Waals surface area (Å²) in [6, 6.07) is 14.5. The Morgan fingerprint density at radius 1 is 1.12 bits per heavy atom. The number of sulfonamides is 1. The highest BCUT2D eigenvalue weighted by atomic mass is 32.2. The molecular formula is C25H32N4O3S. The average molecular weight is 469 g/mol. The minimum atomic E-state index is -3.31. The van der Waals surface area contributed by atoms with E-state index >= 15 is 0 Å². The molecule has 3 heterocycles. The van der Waals surface area contributed by atoms with E-state index in [1.54, 1.807) is 0 Å². The third-order valence-corrected chi connectivity index (χ3v) is 7.81. The van der Waals surface area contributed by atoms with E-state index in [9.17, 15) is 8.42 Å². The summed E-state index contributed by atoms with van der Waals surface area (Å²) < 4.78 is 33.3. The van der Waals surface area contributed by atoms with Crippen LogP contribution < -0.4 is 9.62 Å². The van der Waals surface area contributed by atoms with Gasteiger partial charge in [0.25, 0.3) is 0 Å². The van der Waals surface area contributed by atoms with Crippen molar-refractivity contribution >= 4 is 26.7 Å². The number of aromatic amines is 1. The second-order valence-corrected chi connectivity index (χ2v) is 11.1. The molecule has 0 radical (unpaired) electrons. The van der Waals surface area contributed by atoms with Crippen molar-refractivity contribution in [3.8, 4) is 0 Å². The van der Waals surface area contributed by atoms with Crippen LogP contribution in [0.15, 0.2) is 54.9 Å². The number of hydrogen-bond acceptors (Lipinski definition) is 5. The number of hydrogen-bond donors (Lipinski definition) is 2. The molecule has 2 N–H and O–H groups in total. The molecule has 1 saturated heterocycles. The Hall–Kier alpha value is -2.42. The van der Waals surface area contributed by atoms with E-state index in [2.05, 4.69) is 56.0 Å². The Kier molecular flexibility index (Phi) is 6.40. The van der Waals surface area contributed by atoms with Crippen LogP contribution >= 0.6 is 0 Å². The molecule has 0 bridgehead atoms. The highest BCUT2D eigenvalue weighted by Crippen LogP contribution is 2.35. The van der Waals surface area contributed by atoms with Crippen LogP contribution in [0.2, 0.25) is 0 Å². The second-order valence-electron chi connectivity index (χ2n) is 9.37. The van der Waals surface area contributed by atoms with E-state index < -0.39 is 10.0 Å². The first-order chi connectivity index (χ1) is 16.0. The third-order valence-electron chi connectivity index (χ3n) is 7.07. The fourth-order valence-electron chi connectivity index (χ4n) is 5.40. The molecular weight excluding hydrogens is 436 g/mol. The largest absolute Gasteiger partial charge is 0.376 e. The molecule has 1 saturated carbocycles. The molecule has 5 rings (SSSR count). The lowest BCUT2D eigenvalue weighted by molar-refractivity contribution is 0.0157. The summed E-state index contributed by atoms with van der Waals surface area (Å²) in [5.41, 5.74) is 4.31. The zero-order valence-corrected chi connectivity index (χ0v) is 19.8. The van der Waals surface area contributed by atoms with Crippen molar-refractivity contribution in [3.05, 3.63) is 60.4 Å². The molecule has 2 fully saturated rings. The molecule has 1 aromatic carbocycles. The van der Waals surface area contributed by atoms with Crippen LogP contribution in [0.3, 0.4) is 0 Å². The van der Waals surface area contributed by atoms with Crippen molar-refractivity contribution in [3.63, 3.8) is 0 Å². The van der Waals surface area contributed by atoms with Crippen LogP contribution in [0.4, 0.5) is 5.69 Å². The van der Waals surface area contributed by atoms with Crippen molar-refractivity contribution < 1.29 is 13.2 Å². The van der Waals surface area contributed by atoms with Crippen LogP contribution in [0.5, 0.6) is 0 Å². The van der Waals surface area contributed by atoms with Crippen molar-refractivity contribution in [1.29, 1.82) is 0 Å². The monoisotopic (exact) mass is 468 g/mol. The number of nitrogens with zero attached hydrogens (tertiary/aromatic N) is 2. The Labute approximate surface area is 195 Å². The quantitative estimate of drug-likeness (QED) is 0.551. The van der Waals surface area contributed by atoms with Gasteiger partial charge in [0.2, 0.25) is 10.0 Å². The van der Waals surface area contributed by atoms with E-state index in [1.807, 2.05) is 18.5 Å². The van der Waals surface area contributed by atoms with Crippen LogP contribution in [0.25, 0.3) is 11.0 Å². The molecule has 8 heteroatoms. The van der Waals surface area contributed by atoms with Crippen molar-refractivity contribution in [2.45, 2.75) is 56.2 Å². The Bertz CT molecular complexity index is 1170. The van der Waals surface area contributed by atoms with Crippen LogP contribution in [-0.2, 0) is 14.8 Å². The number of aromatic nitrogens is 2. The first-order valence-corrected chi connectivity index (χ1v) is 13.7. The van der Waals surface area contributed by atoms with Gasteiger partial charge in [0.1, 0.15) is 0 Å². The van der Waals surface area contributed by atoms with Gasteiger partial charge in [0.15, 0.2) is 0 Å². The summed E-state index contributed by atoms with van der Waals surface area (Å²) in [6.07, 6.45) is 10.3. The Morgan fingerprint density at radius 2 is 1.91 bits per heavy atom. The van der Waals surface area contributed by atoms with Gasteiger partial charge in [0, 0.05) is 18.8 Å². The summed E-state index contributed by atoms with van der Waals surface area (Å²) in [5, 5.41) is 0. The minimum absolute atomic E-state index is 0.0687. The molecule has 7 nitrogen and oxygen atoms in total. The summed E-state index contributed by atoms with van der Waals surface area (Å²) in [6.45, 7) is 1.26. The maximum absolute atomic E-state index is 12.0. The van der Waals surface area contributed by atoms with Gasteiger partial charge in [-0.25, -0.2) is 13.1 Å². The smallest absolute Gasteiger partial charge is 0.209 e. The standard InChI is InChI=1S/C25H32N4O3S/c1-33(30,31)28-23-12-14-29(20-15-24-22(27-16-20)11-13-26-24)25(23)17-32-21-9-7-19(8-10-21)18-5-3-2-4-6-18/h2-6,11,13,15-16,19,21,23,25-26,28H,7-10,12,14,17H2,1H3/t19?,21?,23-,25?/m0/s1. The fraction of sp³-hybridized carbons (Fsp3) is 0.480. The van der Waals surface area contributed by atoms with E-state index in [-0.39, 0.29) is 18.2 Å². The van der Waals surface area contributed by atoms with Crippen LogP contribution in [0, 0.1) is 0 Å². The lowest BCUT2D eigenvalue weighted by atomic mass is 9.83. The van der Waals surface area contributed by atoms with Gasteiger partial charge in [-0.3, -0.25) is 4.98 Å². The third kappa shape index (κ3) is 5.23. The maximum Gasteiger partial charge on any atom is 0.209 e. The predicted molar refractivity (Wildman–Crippen MR) is 131 cm³/mol. The summed E-state index contributed by atoms with van der Waals surface area (Å²) >= 11 is 0. The molecule has 0 spiro atoms. The zero-order chi connectivity index (χ0) is 22.8. The molecule has 0 amide bonds. The molecule has 2 aliphatic rings. The molecule has 3 aromatic rings. The number of anilines is 1. The second kappa shape index (κ2) is 9.44. The fourth-order valence-corrected chi connectivity index (χ4v) is 6.22. The number of fused-ring (bicyclic) bond motifs is 1. The Morgan fingerprint density at radius 3 is 2.67 bits per heavy atom. The molecule has 1 aliphatic heterocycles. The van der Waals surface area contributed by atoms with Gasteiger partial charge in [-0.05, 0) is 55.7 Å². The van der Waals surface area contributed by atoms with Crippen molar-refractivity contribution in [2.24, 2.45) is 0 Å². The van der Waals surface area contributed by atoms with Gasteiger partial charge in [-0.1, -0.05) is 30.3 Å². The maximum atomic E-state index is 12.0. The topological polar surface area (TPSA) is 87.3 Å². The highest BCUT2D eigenvalue weighted by Gasteiger charge is 2.37. The lowest BCUT2D eigenvalue weighted by Crippen LogP contribution is -2.48. The molecule has 33 heavy (non-hydrogen) atoms. The van der Waals surface area contributed by atoms with Gasteiger partial charge in [0.05, 0.1) is 47.9 Å². The molecule has 2 aromatic heterocycles. The number of benzene rings is 1. The van der Waals surface area contributed by atoms with Gasteiger partial charge in [-0.2, -0.15) is 0 Å². The van der Waals surface area contributed by atoms with E-state index in [0.717, 1.165) is 55.4 Å². The SMILES string of the molecule is CS(=O)(=O)N[C@H]1CCN(c2cnc3cc[nH]c3c2)C1COC1CCC(c2ccccc2)CC1. The van der Waals surface area contributed by atoms with Crippen molar-refractivity contribution in [2.75, 3.05) is 24.3 Å². The highest BCUT2D eigenvalue weighted by molar-refractivity contribution is 7.88. The first-order valence-electron chi connectivity index (χ1n) is 11.8. The lowest BCUT2D eigenvalue weighted by Gasteiger charge is -2.33. The van der Waals surface area contributed by atoms with Gasteiger partial charge >= 0.3 is 0 Å². The van der Waals surface area contributed by atoms with Gasteiger partial charge < -0.3 is 14.6 Å². The van der Waals surface area contributed by atoms with Crippen LogP contribution in [-0.4, -0.2) is 56.0 Å². The Balaban J connectivity index is 1.26. The average Bonchev–Trinajstić information content (AvgIpc) is 3.44. The van der Waals surface area contributed by atoms with Crippen LogP contribution in [0.1, 0.15) is 43.6 Å². The van der Waals surface area contributed by atoms with E-state index in [4.69, 9.17) is 4.74 Å².